The van der Waals surface area contributed by atoms with Crippen molar-refractivity contribution in [3.8, 4) is 0 Å². The molecule has 1 aliphatic rings. The lowest BCUT2D eigenvalue weighted by atomic mass is 10.1. The van der Waals surface area contributed by atoms with E-state index in [1.165, 1.54) is 25.3 Å². The molecule has 4 heteroatoms. The molecule has 1 unspecified atom stereocenters. The van der Waals surface area contributed by atoms with Crippen LogP contribution in [0, 0.1) is 0 Å². The summed E-state index contributed by atoms with van der Waals surface area (Å²) in [5.41, 5.74) is 0. The van der Waals surface area contributed by atoms with Crippen LogP contribution in [0.15, 0.2) is 24.0 Å². The Morgan fingerprint density at radius 2 is 2.36 bits per heavy atom. The first-order chi connectivity index (χ1) is 5.27. The van der Waals surface area contributed by atoms with Crippen LogP contribution in [0.25, 0.3) is 0 Å². The van der Waals surface area contributed by atoms with Gasteiger partial charge in [-0.1, -0.05) is 0 Å². The fraction of sp³-hybridized carbons (Fsp3) is 0.286. The Morgan fingerprint density at radius 3 is 2.91 bits per heavy atom. The predicted octanol–water partition coefficient (Wildman–Crippen LogP) is 0.514. The molecule has 0 bridgehead atoms. The Balaban J connectivity index is 2.75. The number of hydrogen-bond donors (Lipinski definition) is 1. The van der Waals surface area contributed by atoms with Crippen LogP contribution in [0.5, 0.6) is 0 Å². The summed E-state index contributed by atoms with van der Waals surface area (Å²) in [6, 6.07) is 0. The van der Waals surface area contributed by atoms with Gasteiger partial charge < -0.3 is 4.74 Å². The van der Waals surface area contributed by atoms with Crippen molar-refractivity contribution in [2.24, 2.45) is 0 Å². The normalized spacial score (nSPS) is 23.3. The Kier molecular flexibility index (Phi) is 2.40. The van der Waals surface area contributed by atoms with Gasteiger partial charge in [0.15, 0.2) is 5.76 Å². The first-order valence-corrected chi connectivity index (χ1v) is 3.06. The summed E-state index contributed by atoms with van der Waals surface area (Å²) in [5.74, 6) is -0.0349. The number of allylic oxidation sites excluding steroid dienone is 1. The van der Waals surface area contributed by atoms with E-state index in [4.69, 9.17) is 9.99 Å². The molecule has 1 rings (SSSR count). The second-order valence-corrected chi connectivity index (χ2v) is 2.03. The minimum atomic E-state index is -0.581. The van der Waals surface area contributed by atoms with E-state index in [1.807, 2.05) is 0 Å². The lowest BCUT2D eigenvalue weighted by molar-refractivity contribution is -0.254. The van der Waals surface area contributed by atoms with Gasteiger partial charge in [-0.15, -0.1) is 0 Å². The molecule has 60 valence electrons. The fourth-order valence-electron chi connectivity index (χ4n) is 0.785. The Bertz CT molecular complexity index is 216. The summed E-state index contributed by atoms with van der Waals surface area (Å²) in [5, 5.41) is 8.23. The monoisotopic (exact) mass is 156 g/mol. The van der Waals surface area contributed by atoms with E-state index in [1.54, 1.807) is 0 Å². The Morgan fingerprint density at radius 1 is 1.64 bits per heavy atom. The van der Waals surface area contributed by atoms with Crippen LogP contribution in [0.1, 0.15) is 0 Å². The van der Waals surface area contributed by atoms with Crippen molar-refractivity contribution in [3.05, 3.63) is 24.0 Å². The van der Waals surface area contributed by atoms with Crippen LogP contribution in [0.4, 0.5) is 0 Å². The average Bonchev–Trinajstić information content (AvgIpc) is 2.05. The highest BCUT2D eigenvalue weighted by Crippen LogP contribution is 2.09. The van der Waals surface area contributed by atoms with Gasteiger partial charge in [0, 0.05) is 0 Å². The molecule has 11 heavy (non-hydrogen) atoms. The van der Waals surface area contributed by atoms with E-state index in [9.17, 15) is 4.79 Å². The van der Waals surface area contributed by atoms with Gasteiger partial charge in [0.2, 0.25) is 5.78 Å². The molecule has 1 atom stereocenters. The molecule has 1 N–H and O–H groups in total. The Labute approximate surface area is 63.7 Å². The van der Waals surface area contributed by atoms with Gasteiger partial charge in [-0.3, -0.25) is 10.1 Å². The number of ether oxygens (including phenoxy) is 1. The van der Waals surface area contributed by atoms with Crippen LogP contribution < -0.4 is 0 Å². The maximum Gasteiger partial charge on any atom is 0.219 e. The molecule has 0 aromatic heterocycles. The van der Waals surface area contributed by atoms with Crippen LogP contribution in [0.2, 0.25) is 0 Å². The van der Waals surface area contributed by atoms with Crippen molar-refractivity contribution in [2.45, 2.75) is 6.10 Å². The molecule has 0 radical (unpaired) electrons. The molecule has 0 saturated carbocycles. The highest BCUT2D eigenvalue weighted by Gasteiger charge is 2.15. The summed E-state index contributed by atoms with van der Waals surface area (Å²) in [4.78, 5) is 14.8. The standard InChI is InChI=1S/C7H8O4/c1-10-7-4-5(11-9)2-3-6(7)8/h2-5,9H,1H3. The number of hydrogen-bond acceptors (Lipinski definition) is 4. The summed E-state index contributed by atoms with van der Waals surface area (Å²) in [7, 11) is 1.39. The van der Waals surface area contributed by atoms with Gasteiger partial charge in [-0.2, -0.15) is 0 Å². The van der Waals surface area contributed by atoms with E-state index >= 15 is 0 Å². The van der Waals surface area contributed by atoms with E-state index < -0.39 is 6.10 Å². The first kappa shape index (κ1) is 7.97. The second kappa shape index (κ2) is 3.32. The lowest BCUT2D eigenvalue weighted by Crippen LogP contribution is -2.14. The van der Waals surface area contributed by atoms with Crippen molar-refractivity contribution in [1.82, 2.24) is 0 Å². The molecule has 0 aromatic carbocycles. The molecule has 4 nitrogen and oxygen atoms in total. The summed E-state index contributed by atoms with van der Waals surface area (Å²) >= 11 is 0. The smallest absolute Gasteiger partial charge is 0.219 e. The van der Waals surface area contributed by atoms with Crippen LogP contribution >= 0.6 is 0 Å². The zero-order chi connectivity index (χ0) is 8.27. The number of ketones is 1. The van der Waals surface area contributed by atoms with Gasteiger partial charge in [0.1, 0.15) is 6.10 Å². The third-order valence-corrected chi connectivity index (χ3v) is 1.34. The van der Waals surface area contributed by atoms with Crippen LogP contribution in [-0.4, -0.2) is 24.3 Å². The molecule has 0 fully saturated rings. The maximum absolute atomic E-state index is 10.9. The number of carbonyl (C=O) groups excluding carboxylic acids is 1. The molecule has 0 amide bonds. The molecule has 0 aliphatic heterocycles. The highest BCUT2D eigenvalue weighted by atomic mass is 17.1. The van der Waals surface area contributed by atoms with E-state index in [-0.39, 0.29) is 11.5 Å². The zero-order valence-electron chi connectivity index (χ0n) is 5.98. The molecule has 1 aliphatic carbocycles. The van der Waals surface area contributed by atoms with Crippen molar-refractivity contribution < 1.29 is 19.7 Å². The largest absolute Gasteiger partial charge is 0.493 e. The van der Waals surface area contributed by atoms with Gasteiger partial charge in [0.25, 0.3) is 0 Å². The molecular formula is C7H8O4. The van der Waals surface area contributed by atoms with Gasteiger partial charge in [-0.25, -0.2) is 4.89 Å². The summed E-state index contributed by atoms with van der Waals surface area (Å²) in [6.07, 6.45) is 3.54. The number of methoxy groups -OCH3 is 1. The maximum atomic E-state index is 10.9. The van der Waals surface area contributed by atoms with Crippen molar-refractivity contribution in [2.75, 3.05) is 7.11 Å². The molecule has 0 heterocycles. The topological polar surface area (TPSA) is 55.8 Å². The van der Waals surface area contributed by atoms with Crippen molar-refractivity contribution >= 4 is 5.78 Å². The number of rotatable bonds is 2. The zero-order valence-corrected chi connectivity index (χ0v) is 5.98. The third-order valence-electron chi connectivity index (χ3n) is 1.34. The number of carbonyl (C=O) groups is 1. The Hall–Kier alpha value is -1.13. The van der Waals surface area contributed by atoms with Crippen LogP contribution in [-0.2, 0) is 14.4 Å². The second-order valence-electron chi connectivity index (χ2n) is 2.03. The first-order valence-electron chi connectivity index (χ1n) is 3.06. The van der Waals surface area contributed by atoms with E-state index in [2.05, 4.69) is 4.89 Å². The minimum Gasteiger partial charge on any atom is -0.493 e. The fourth-order valence-corrected chi connectivity index (χ4v) is 0.785. The van der Waals surface area contributed by atoms with E-state index in [0.717, 1.165) is 0 Å². The third kappa shape index (κ3) is 1.66. The van der Waals surface area contributed by atoms with Crippen LogP contribution in [0.3, 0.4) is 0 Å². The molecule has 0 spiro atoms. The minimum absolute atomic E-state index is 0.187. The predicted molar refractivity (Wildman–Crippen MR) is 36.7 cm³/mol. The molecular weight excluding hydrogens is 148 g/mol. The highest BCUT2D eigenvalue weighted by molar-refractivity contribution is 6.03. The lowest BCUT2D eigenvalue weighted by Gasteiger charge is -2.10. The summed E-state index contributed by atoms with van der Waals surface area (Å²) < 4.78 is 4.70. The van der Waals surface area contributed by atoms with Gasteiger partial charge in [-0.05, 0) is 18.2 Å². The van der Waals surface area contributed by atoms with E-state index in [0.29, 0.717) is 0 Å². The quantitative estimate of drug-likeness (QED) is 0.467. The van der Waals surface area contributed by atoms with Crippen molar-refractivity contribution in [1.29, 1.82) is 0 Å². The molecule has 0 saturated heterocycles. The SMILES string of the molecule is COC1=CC(OO)C=CC1=O. The van der Waals surface area contributed by atoms with Gasteiger partial charge in [0.05, 0.1) is 7.11 Å². The van der Waals surface area contributed by atoms with Gasteiger partial charge >= 0.3 is 0 Å². The molecule has 0 aromatic rings. The average molecular weight is 156 g/mol. The van der Waals surface area contributed by atoms with Crippen molar-refractivity contribution in [3.63, 3.8) is 0 Å². The summed E-state index contributed by atoms with van der Waals surface area (Å²) in [6.45, 7) is 0.